The topological polar surface area (TPSA) is 44.0 Å². The van der Waals surface area contributed by atoms with E-state index in [1.807, 2.05) is 13.8 Å². The number of nitrogens with zero attached hydrogens (tertiary/aromatic N) is 1. The lowest BCUT2D eigenvalue weighted by Crippen LogP contribution is -2.43. The summed E-state index contributed by atoms with van der Waals surface area (Å²) in [5.74, 6) is 0.632. The Labute approximate surface area is 86.9 Å². The van der Waals surface area contributed by atoms with Crippen LogP contribution in [0.1, 0.15) is 52.9 Å². The Bertz CT molecular complexity index is 241. The lowest BCUT2D eigenvalue weighted by molar-refractivity contribution is -0.0413. The first-order valence-electron chi connectivity index (χ1n) is 5.65. The molecule has 1 saturated carbocycles. The van der Waals surface area contributed by atoms with Crippen LogP contribution < -0.4 is 0 Å². The fourth-order valence-electron chi connectivity index (χ4n) is 2.55. The van der Waals surface area contributed by atoms with Gasteiger partial charge in [-0.15, -0.1) is 0 Å². The Kier molecular flexibility index (Phi) is 3.21. The molecule has 0 heterocycles. The highest BCUT2D eigenvalue weighted by Gasteiger charge is 2.50. The number of aliphatic hydroxyl groups is 1. The first-order valence-corrected chi connectivity index (χ1v) is 5.65. The van der Waals surface area contributed by atoms with Gasteiger partial charge in [-0.2, -0.15) is 5.26 Å². The fourth-order valence-corrected chi connectivity index (χ4v) is 2.55. The van der Waals surface area contributed by atoms with Crippen LogP contribution in [0.25, 0.3) is 0 Å². The van der Waals surface area contributed by atoms with Crippen molar-refractivity contribution >= 4 is 0 Å². The highest BCUT2D eigenvalue weighted by atomic mass is 16.3. The molecule has 0 saturated heterocycles. The Morgan fingerprint density at radius 3 is 2.57 bits per heavy atom. The monoisotopic (exact) mass is 195 g/mol. The van der Waals surface area contributed by atoms with Gasteiger partial charge in [0.1, 0.15) is 0 Å². The highest BCUT2D eigenvalue weighted by Crippen LogP contribution is 2.50. The van der Waals surface area contributed by atoms with Gasteiger partial charge in [0, 0.05) is 0 Å². The lowest BCUT2D eigenvalue weighted by atomic mass is 9.70. The molecule has 0 aromatic rings. The maximum atomic E-state index is 10.3. The maximum absolute atomic E-state index is 10.3. The average molecular weight is 195 g/mol. The van der Waals surface area contributed by atoms with Crippen molar-refractivity contribution in [3.63, 3.8) is 0 Å². The molecule has 0 bridgehead atoms. The van der Waals surface area contributed by atoms with E-state index >= 15 is 0 Å². The minimum atomic E-state index is -0.814. The van der Waals surface area contributed by atoms with Gasteiger partial charge in [0.25, 0.3) is 0 Å². The second-order valence-electron chi connectivity index (χ2n) is 4.84. The smallest absolute Gasteiger partial charge is 0.0860 e. The molecule has 0 aromatic carbocycles. The number of hydrogen-bond acceptors (Lipinski definition) is 2. The summed E-state index contributed by atoms with van der Waals surface area (Å²) in [4.78, 5) is 0. The lowest BCUT2D eigenvalue weighted by Gasteiger charge is -2.36. The van der Waals surface area contributed by atoms with E-state index in [1.165, 1.54) is 0 Å². The summed E-state index contributed by atoms with van der Waals surface area (Å²) in [6.45, 7) is 5.94. The van der Waals surface area contributed by atoms with Gasteiger partial charge < -0.3 is 5.11 Å². The summed E-state index contributed by atoms with van der Waals surface area (Å²) in [5.41, 5.74) is -1.30. The van der Waals surface area contributed by atoms with Gasteiger partial charge in [-0.3, -0.25) is 0 Å². The molecule has 3 atom stereocenters. The fraction of sp³-hybridized carbons (Fsp3) is 0.917. The van der Waals surface area contributed by atoms with Gasteiger partial charge in [-0.25, -0.2) is 0 Å². The van der Waals surface area contributed by atoms with E-state index < -0.39 is 11.0 Å². The zero-order valence-electron chi connectivity index (χ0n) is 9.51. The molecule has 0 radical (unpaired) electrons. The third-order valence-electron chi connectivity index (χ3n) is 4.13. The summed E-state index contributed by atoms with van der Waals surface area (Å²) in [6, 6.07) is 2.38. The molecule has 1 rings (SSSR count). The van der Waals surface area contributed by atoms with Crippen LogP contribution in [-0.4, -0.2) is 10.7 Å². The molecule has 2 nitrogen and oxygen atoms in total. The van der Waals surface area contributed by atoms with Gasteiger partial charge in [-0.05, 0) is 38.5 Å². The van der Waals surface area contributed by atoms with Crippen molar-refractivity contribution in [2.75, 3.05) is 0 Å². The molecule has 80 valence electrons. The van der Waals surface area contributed by atoms with Gasteiger partial charge >= 0.3 is 0 Å². The minimum Gasteiger partial charge on any atom is -0.389 e. The molecule has 14 heavy (non-hydrogen) atoms. The third kappa shape index (κ3) is 1.66. The van der Waals surface area contributed by atoms with E-state index in [1.54, 1.807) is 0 Å². The molecule has 2 heteroatoms. The van der Waals surface area contributed by atoms with Crippen LogP contribution in [-0.2, 0) is 0 Å². The zero-order valence-corrected chi connectivity index (χ0v) is 9.51. The van der Waals surface area contributed by atoms with Crippen LogP contribution in [0.15, 0.2) is 0 Å². The molecule has 3 unspecified atom stereocenters. The number of hydrogen-bond donors (Lipinski definition) is 1. The van der Waals surface area contributed by atoms with Crippen LogP contribution in [0.3, 0.4) is 0 Å². The maximum Gasteiger partial charge on any atom is 0.0860 e. The van der Waals surface area contributed by atoms with Gasteiger partial charge in [-0.1, -0.05) is 20.3 Å². The molecule has 0 amide bonds. The number of nitriles is 1. The first-order chi connectivity index (χ1) is 6.51. The van der Waals surface area contributed by atoms with Crippen LogP contribution in [0.4, 0.5) is 0 Å². The molecule has 1 aliphatic carbocycles. The van der Waals surface area contributed by atoms with Crippen LogP contribution >= 0.6 is 0 Å². The largest absolute Gasteiger partial charge is 0.389 e. The molecule has 0 aliphatic heterocycles. The second kappa shape index (κ2) is 3.90. The van der Waals surface area contributed by atoms with Crippen molar-refractivity contribution in [2.45, 2.75) is 58.5 Å². The van der Waals surface area contributed by atoms with Crippen molar-refractivity contribution in [1.82, 2.24) is 0 Å². The van der Waals surface area contributed by atoms with Crippen molar-refractivity contribution < 1.29 is 5.11 Å². The van der Waals surface area contributed by atoms with Gasteiger partial charge in [0.2, 0.25) is 0 Å². The van der Waals surface area contributed by atoms with E-state index in [4.69, 9.17) is 0 Å². The summed E-state index contributed by atoms with van der Waals surface area (Å²) in [7, 11) is 0. The Morgan fingerprint density at radius 2 is 2.21 bits per heavy atom. The Hall–Kier alpha value is -0.550. The molecule has 1 fully saturated rings. The molecular formula is C12H21NO. The van der Waals surface area contributed by atoms with Crippen molar-refractivity contribution in [2.24, 2.45) is 11.3 Å². The van der Waals surface area contributed by atoms with Gasteiger partial charge in [0.15, 0.2) is 0 Å². The Balaban J connectivity index is 2.86. The van der Waals surface area contributed by atoms with Crippen LogP contribution in [0, 0.1) is 22.7 Å². The normalized spacial score (nSPS) is 36.4. The van der Waals surface area contributed by atoms with Crippen LogP contribution in [0.5, 0.6) is 0 Å². The highest BCUT2D eigenvalue weighted by molar-refractivity contribution is 5.12. The summed E-state index contributed by atoms with van der Waals surface area (Å²) in [6.07, 6.45) is 4.63. The minimum absolute atomic E-state index is 0.484. The van der Waals surface area contributed by atoms with E-state index in [9.17, 15) is 10.4 Å². The SMILES string of the molecule is CCC1CCC(C#N)(C(C)(O)CC)C1. The predicted octanol–water partition coefficient (Wildman–Crippen LogP) is 2.87. The van der Waals surface area contributed by atoms with E-state index in [0.717, 1.165) is 25.7 Å². The van der Waals surface area contributed by atoms with Crippen molar-refractivity contribution in [1.29, 1.82) is 5.26 Å². The molecule has 0 spiro atoms. The number of rotatable bonds is 3. The van der Waals surface area contributed by atoms with E-state index in [-0.39, 0.29) is 0 Å². The summed E-state index contributed by atoms with van der Waals surface area (Å²) >= 11 is 0. The molecular weight excluding hydrogens is 174 g/mol. The quantitative estimate of drug-likeness (QED) is 0.752. The predicted molar refractivity (Wildman–Crippen MR) is 56.6 cm³/mol. The molecule has 1 aliphatic rings. The standard InChI is InChI=1S/C12H21NO/c1-4-10-6-7-12(8-10,9-13)11(3,14)5-2/h10,14H,4-8H2,1-3H3. The first kappa shape index (κ1) is 11.5. The molecule has 0 aromatic heterocycles. The third-order valence-corrected chi connectivity index (χ3v) is 4.13. The van der Waals surface area contributed by atoms with Crippen molar-refractivity contribution in [3.8, 4) is 6.07 Å². The zero-order chi connectivity index (χ0) is 10.8. The summed E-state index contributed by atoms with van der Waals surface area (Å²) < 4.78 is 0. The van der Waals surface area contributed by atoms with E-state index in [0.29, 0.717) is 12.3 Å². The second-order valence-corrected chi connectivity index (χ2v) is 4.84. The van der Waals surface area contributed by atoms with Crippen molar-refractivity contribution in [3.05, 3.63) is 0 Å². The van der Waals surface area contributed by atoms with Crippen LogP contribution in [0.2, 0.25) is 0 Å². The van der Waals surface area contributed by atoms with Gasteiger partial charge in [0.05, 0.1) is 17.1 Å². The summed E-state index contributed by atoms with van der Waals surface area (Å²) in [5, 5.41) is 19.6. The Morgan fingerprint density at radius 1 is 1.57 bits per heavy atom. The average Bonchev–Trinajstić information content (AvgIpc) is 2.63. The van der Waals surface area contributed by atoms with E-state index in [2.05, 4.69) is 13.0 Å². The molecule has 1 N–H and O–H groups in total.